The number of benzene rings is 1. The molecule has 0 aliphatic carbocycles. The molecule has 18 heavy (non-hydrogen) atoms. The Kier molecular flexibility index (Phi) is 3.99. The standard InChI is InChI=1S/C11H8N2O5/c1-18-10-5-7(2-3-11(14)15)8(6-12)4-9(10)13(16)17/h2-5H,1H3,(H,14,15)/b3-2+. The SMILES string of the molecule is COc1cc(/C=C/C(=O)O)c(C#N)cc1[N+](=O)[O-]. The Morgan fingerprint density at radius 2 is 2.28 bits per heavy atom. The maximum atomic E-state index is 10.7. The Hall–Kier alpha value is -2.88. The number of hydrogen-bond acceptors (Lipinski definition) is 5. The minimum Gasteiger partial charge on any atom is -0.490 e. The Bertz CT molecular complexity index is 572. The summed E-state index contributed by atoms with van der Waals surface area (Å²) >= 11 is 0. The molecule has 7 heteroatoms. The van der Waals surface area contributed by atoms with Crippen LogP contribution in [0.5, 0.6) is 5.75 Å². The molecule has 0 saturated carbocycles. The van der Waals surface area contributed by atoms with E-state index in [0.29, 0.717) is 0 Å². The van der Waals surface area contributed by atoms with Crippen LogP contribution < -0.4 is 4.74 Å². The van der Waals surface area contributed by atoms with Crippen LogP contribution in [0.25, 0.3) is 6.08 Å². The number of rotatable bonds is 4. The summed E-state index contributed by atoms with van der Waals surface area (Å²) in [6.07, 6.45) is 2.01. The van der Waals surface area contributed by atoms with Crippen molar-refractivity contribution < 1.29 is 19.6 Å². The number of nitro benzene ring substituents is 1. The van der Waals surface area contributed by atoms with E-state index in [9.17, 15) is 14.9 Å². The highest BCUT2D eigenvalue weighted by atomic mass is 16.6. The van der Waals surface area contributed by atoms with Gasteiger partial charge in [-0.05, 0) is 17.7 Å². The van der Waals surface area contributed by atoms with Crippen molar-refractivity contribution in [2.45, 2.75) is 0 Å². The zero-order valence-corrected chi connectivity index (χ0v) is 9.28. The monoisotopic (exact) mass is 248 g/mol. The van der Waals surface area contributed by atoms with Crippen molar-refractivity contribution in [2.24, 2.45) is 0 Å². The van der Waals surface area contributed by atoms with Gasteiger partial charge >= 0.3 is 11.7 Å². The number of nitrogens with zero attached hydrogens (tertiary/aromatic N) is 2. The van der Waals surface area contributed by atoms with E-state index in [1.54, 1.807) is 6.07 Å². The summed E-state index contributed by atoms with van der Waals surface area (Å²) in [5, 5.41) is 28.1. The molecule has 0 unspecified atom stereocenters. The van der Waals surface area contributed by atoms with Crippen molar-refractivity contribution >= 4 is 17.7 Å². The summed E-state index contributed by atoms with van der Waals surface area (Å²) in [6.45, 7) is 0. The fourth-order valence-electron chi connectivity index (χ4n) is 1.29. The number of aliphatic carboxylic acids is 1. The second-order valence-corrected chi connectivity index (χ2v) is 3.15. The first-order chi connectivity index (χ1) is 8.49. The molecule has 0 aliphatic heterocycles. The predicted octanol–water partition coefficient (Wildman–Crippen LogP) is 1.57. The van der Waals surface area contributed by atoms with Crippen molar-refractivity contribution in [1.82, 2.24) is 0 Å². The number of ether oxygens (including phenoxy) is 1. The van der Waals surface area contributed by atoms with E-state index in [4.69, 9.17) is 15.1 Å². The molecular formula is C11H8N2O5. The van der Waals surface area contributed by atoms with E-state index >= 15 is 0 Å². The summed E-state index contributed by atoms with van der Waals surface area (Å²) < 4.78 is 4.82. The van der Waals surface area contributed by atoms with Crippen LogP contribution in [-0.4, -0.2) is 23.1 Å². The number of methoxy groups -OCH3 is 1. The average molecular weight is 248 g/mol. The molecule has 0 heterocycles. The highest BCUT2D eigenvalue weighted by Gasteiger charge is 2.18. The maximum Gasteiger partial charge on any atom is 0.328 e. The van der Waals surface area contributed by atoms with E-state index in [1.165, 1.54) is 19.3 Å². The third-order valence-electron chi connectivity index (χ3n) is 2.07. The predicted molar refractivity (Wildman–Crippen MR) is 61.0 cm³/mol. The fourth-order valence-corrected chi connectivity index (χ4v) is 1.29. The molecule has 0 atom stereocenters. The minimum absolute atomic E-state index is 0.000000000000000222. The van der Waals surface area contributed by atoms with Gasteiger partial charge in [0, 0.05) is 12.1 Å². The van der Waals surface area contributed by atoms with Gasteiger partial charge in [0.2, 0.25) is 0 Å². The van der Waals surface area contributed by atoms with Crippen molar-refractivity contribution in [3.63, 3.8) is 0 Å². The molecule has 0 radical (unpaired) electrons. The largest absolute Gasteiger partial charge is 0.490 e. The number of nitriles is 1. The topological polar surface area (TPSA) is 113 Å². The zero-order valence-electron chi connectivity index (χ0n) is 9.28. The average Bonchev–Trinajstić information content (AvgIpc) is 2.34. The summed E-state index contributed by atoms with van der Waals surface area (Å²) in [6, 6.07) is 4.05. The molecular weight excluding hydrogens is 240 g/mol. The Balaban J connectivity index is 3.41. The Morgan fingerprint density at radius 3 is 2.72 bits per heavy atom. The fraction of sp³-hybridized carbons (Fsp3) is 0.0909. The quantitative estimate of drug-likeness (QED) is 0.491. The van der Waals surface area contributed by atoms with E-state index in [1.807, 2.05) is 0 Å². The number of nitro groups is 1. The molecule has 0 saturated heterocycles. The normalized spacial score (nSPS) is 10.0. The smallest absolute Gasteiger partial charge is 0.328 e. The number of carboxylic acid groups (broad SMARTS) is 1. The van der Waals surface area contributed by atoms with E-state index < -0.39 is 10.9 Å². The van der Waals surface area contributed by atoms with Gasteiger partial charge in [0.1, 0.15) is 6.07 Å². The van der Waals surface area contributed by atoms with Crippen LogP contribution in [-0.2, 0) is 4.79 Å². The van der Waals surface area contributed by atoms with Gasteiger partial charge in [0.25, 0.3) is 0 Å². The lowest BCUT2D eigenvalue weighted by atomic mass is 10.1. The van der Waals surface area contributed by atoms with E-state index in [-0.39, 0.29) is 22.6 Å². The molecule has 0 fully saturated rings. The van der Waals surface area contributed by atoms with Crippen LogP contribution in [0.1, 0.15) is 11.1 Å². The van der Waals surface area contributed by atoms with Gasteiger partial charge in [-0.3, -0.25) is 10.1 Å². The van der Waals surface area contributed by atoms with Crippen molar-refractivity contribution in [3.8, 4) is 11.8 Å². The van der Waals surface area contributed by atoms with Gasteiger partial charge in [-0.2, -0.15) is 5.26 Å². The summed E-state index contributed by atoms with van der Waals surface area (Å²) in [7, 11) is 1.25. The van der Waals surface area contributed by atoms with Gasteiger partial charge in [-0.15, -0.1) is 0 Å². The van der Waals surface area contributed by atoms with Crippen molar-refractivity contribution in [1.29, 1.82) is 5.26 Å². The van der Waals surface area contributed by atoms with Gasteiger partial charge in [-0.25, -0.2) is 4.79 Å². The molecule has 0 aromatic heterocycles. The van der Waals surface area contributed by atoms with Crippen molar-refractivity contribution in [3.05, 3.63) is 39.4 Å². The van der Waals surface area contributed by atoms with Crippen LogP contribution in [0, 0.1) is 21.4 Å². The highest BCUT2D eigenvalue weighted by molar-refractivity contribution is 5.86. The first kappa shape index (κ1) is 13.2. The number of carbonyl (C=O) groups is 1. The lowest BCUT2D eigenvalue weighted by Crippen LogP contribution is -1.96. The van der Waals surface area contributed by atoms with Crippen LogP contribution in [0.2, 0.25) is 0 Å². The summed E-state index contributed by atoms with van der Waals surface area (Å²) in [5.41, 5.74) is -0.108. The van der Waals surface area contributed by atoms with Crippen LogP contribution in [0.3, 0.4) is 0 Å². The van der Waals surface area contributed by atoms with Crippen molar-refractivity contribution in [2.75, 3.05) is 7.11 Å². The molecule has 0 spiro atoms. The first-order valence-electron chi connectivity index (χ1n) is 4.67. The highest BCUT2D eigenvalue weighted by Crippen LogP contribution is 2.30. The van der Waals surface area contributed by atoms with Gasteiger partial charge in [-0.1, -0.05) is 0 Å². The van der Waals surface area contributed by atoms with Crippen LogP contribution >= 0.6 is 0 Å². The lowest BCUT2D eigenvalue weighted by Gasteiger charge is -2.04. The number of carboxylic acids is 1. The molecule has 0 amide bonds. The molecule has 1 N–H and O–H groups in total. The van der Waals surface area contributed by atoms with Crippen LogP contribution in [0.15, 0.2) is 18.2 Å². The maximum absolute atomic E-state index is 10.7. The van der Waals surface area contributed by atoms with Crippen LogP contribution in [0.4, 0.5) is 5.69 Å². The summed E-state index contributed by atoms with van der Waals surface area (Å²) in [4.78, 5) is 20.4. The second kappa shape index (κ2) is 5.45. The van der Waals surface area contributed by atoms with E-state index in [0.717, 1.165) is 12.1 Å². The Labute approximate surface area is 102 Å². The molecule has 0 aliphatic rings. The van der Waals surface area contributed by atoms with Gasteiger partial charge in [0.15, 0.2) is 5.75 Å². The third kappa shape index (κ3) is 2.82. The molecule has 1 rings (SSSR count). The van der Waals surface area contributed by atoms with E-state index in [2.05, 4.69) is 0 Å². The first-order valence-corrected chi connectivity index (χ1v) is 4.67. The lowest BCUT2D eigenvalue weighted by molar-refractivity contribution is -0.385. The minimum atomic E-state index is -1.18. The molecule has 0 bridgehead atoms. The van der Waals surface area contributed by atoms with Gasteiger partial charge < -0.3 is 9.84 Å². The van der Waals surface area contributed by atoms with Gasteiger partial charge in [0.05, 0.1) is 17.6 Å². The summed E-state index contributed by atoms with van der Waals surface area (Å²) in [5.74, 6) is -1.22. The Morgan fingerprint density at radius 1 is 1.61 bits per heavy atom. The third-order valence-corrected chi connectivity index (χ3v) is 2.07. The molecule has 1 aromatic carbocycles. The molecule has 7 nitrogen and oxygen atoms in total. The molecule has 1 aromatic rings. The second-order valence-electron chi connectivity index (χ2n) is 3.15. The molecule has 92 valence electrons. The zero-order chi connectivity index (χ0) is 13.7. The number of hydrogen-bond donors (Lipinski definition) is 1.